The maximum Gasteiger partial charge on any atom is 0.308 e. The van der Waals surface area contributed by atoms with Crippen molar-refractivity contribution in [2.75, 3.05) is 18.5 Å². The third kappa shape index (κ3) is 6.67. The Morgan fingerprint density at radius 3 is 2.44 bits per heavy atom. The minimum atomic E-state index is -0.821. The van der Waals surface area contributed by atoms with Gasteiger partial charge in [-0.25, -0.2) is 8.78 Å². The predicted octanol–water partition coefficient (Wildman–Crippen LogP) is 2.92. The normalized spacial score (nSPS) is 10.2. The van der Waals surface area contributed by atoms with Crippen molar-refractivity contribution in [1.82, 2.24) is 5.32 Å². The van der Waals surface area contributed by atoms with Gasteiger partial charge in [0.1, 0.15) is 11.6 Å². The van der Waals surface area contributed by atoms with Gasteiger partial charge >= 0.3 is 5.97 Å². The minimum Gasteiger partial charge on any atom is -0.456 e. The van der Waals surface area contributed by atoms with E-state index in [4.69, 9.17) is 16.3 Å². The molecule has 2 aromatic carbocycles. The molecule has 0 heterocycles. The Hall–Kier alpha value is -3.00. The maximum atomic E-state index is 13.4. The van der Waals surface area contributed by atoms with Gasteiger partial charge < -0.3 is 15.4 Å². The van der Waals surface area contributed by atoms with Crippen molar-refractivity contribution in [2.45, 2.75) is 6.42 Å². The second kappa shape index (κ2) is 9.63. The number of ether oxygens (including phenoxy) is 1. The second-order valence-corrected chi connectivity index (χ2v) is 5.78. The van der Waals surface area contributed by atoms with Crippen molar-refractivity contribution >= 4 is 35.1 Å². The van der Waals surface area contributed by atoms with Crippen LogP contribution in [0.2, 0.25) is 5.02 Å². The Balaban J connectivity index is 1.69. The van der Waals surface area contributed by atoms with Gasteiger partial charge in [0.25, 0.3) is 11.8 Å². The van der Waals surface area contributed by atoms with E-state index in [1.165, 1.54) is 12.1 Å². The molecule has 6 nitrogen and oxygen atoms in total. The lowest BCUT2D eigenvalue weighted by atomic mass is 10.2. The molecule has 0 atom stereocenters. The number of amides is 2. The fraction of sp³-hybridized carbons (Fsp3) is 0.167. The van der Waals surface area contributed by atoms with E-state index in [-0.39, 0.29) is 18.7 Å². The summed E-state index contributed by atoms with van der Waals surface area (Å²) in [6, 6.07) is 8.76. The third-order valence-electron chi connectivity index (χ3n) is 3.29. The fourth-order valence-corrected chi connectivity index (χ4v) is 2.11. The van der Waals surface area contributed by atoms with Crippen molar-refractivity contribution in [1.29, 1.82) is 0 Å². The van der Waals surface area contributed by atoms with E-state index in [0.29, 0.717) is 10.6 Å². The zero-order chi connectivity index (χ0) is 19.8. The minimum absolute atomic E-state index is 0.000433. The summed E-state index contributed by atoms with van der Waals surface area (Å²) in [6.45, 7) is -0.666. The number of carbonyl (C=O) groups is 3. The molecule has 0 saturated carbocycles. The van der Waals surface area contributed by atoms with E-state index in [0.717, 1.165) is 18.2 Å². The van der Waals surface area contributed by atoms with E-state index < -0.39 is 36.0 Å². The average molecular weight is 397 g/mol. The lowest BCUT2D eigenvalue weighted by Gasteiger charge is -2.08. The van der Waals surface area contributed by atoms with Crippen LogP contribution in [0.4, 0.5) is 14.5 Å². The summed E-state index contributed by atoms with van der Waals surface area (Å²) >= 11 is 5.73. The number of halogens is 3. The summed E-state index contributed by atoms with van der Waals surface area (Å²) in [5, 5.41) is 5.10. The lowest BCUT2D eigenvalue weighted by Crippen LogP contribution is -2.27. The summed E-state index contributed by atoms with van der Waals surface area (Å²) < 4.78 is 31.1. The van der Waals surface area contributed by atoms with Crippen LogP contribution in [0.25, 0.3) is 0 Å². The van der Waals surface area contributed by atoms with E-state index in [2.05, 4.69) is 10.6 Å². The van der Waals surface area contributed by atoms with Crippen LogP contribution in [-0.4, -0.2) is 30.9 Å². The van der Waals surface area contributed by atoms with Crippen LogP contribution < -0.4 is 10.6 Å². The SMILES string of the molecule is O=C(COC(=O)CCNC(=O)c1ccc(Cl)cc1)Nc1cc(F)ccc1F. The zero-order valence-corrected chi connectivity index (χ0v) is 14.7. The molecule has 142 valence electrons. The van der Waals surface area contributed by atoms with E-state index >= 15 is 0 Å². The number of nitrogens with one attached hydrogen (secondary N) is 2. The van der Waals surface area contributed by atoms with Crippen LogP contribution >= 0.6 is 11.6 Å². The summed E-state index contributed by atoms with van der Waals surface area (Å²) in [7, 11) is 0. The molecule has 27 heavy (non-hydrogen) atoms. The van der Waals surface area contributed by atoms with Gasteiger partial charge in [0.15, 0.2) is 6.61 Å². The topological polar surface area (TPSA) is 84.5 Å². The highest BCUT2D eigenvalue weighted by molar-refractivity contribution is 6.30. The number of esters is 1. The molecule has 0 saturated heterocycles. The maximum absolute atomic E-state index is 13.4. The molecule has 2 rings (SSSR count). The standard InChI is InChI=1S/C18H15ClF2N2O4/c19-12-3-1-11(2-4-12)18(26)22-8-7-17(25)27-10-16(24)23-15-9-13(20)5-6-14(15)21/h1-6,9H,7-8,10H2,(H,22,26)(H,23,24). The van der Waals surface area contributed by atoms with Crippen LogP contribution in [0, 0.1) is 11.6 Å². The van der Waals surface area contributed by atoms with Crippen LogP contribution in [-0.2, 0) is 14.3 Å². The van der Waals surface area contributed by atoms with Gasteiger partial charge in [0, 0.05) is 23.2 Å². The fourth-order valence-electron chi connectivity index (χ4n) is 1.98. The van der Waals surface area contributed by atoms with E-state index in [1.807, 2.05) is 0 Å². The Morgan fingerprint density at radius 1 is 1.04 bits per heavy atom. The van der Waals surface area contributed by atoms with Crippen molar-refractivity contribution in [3.05, 3.63) is 64.7 Å². The molecule has 0 unspecified atom stereocenters. The first kappa shape index (κ1) is 20.3. The van der Waals surface area contributed by atoms with E-state index in [1.54, 1.807) is 12.1 Å². The third-order valence-corrected chi connectivity index (χ3v) is 3.54. The first-order valence-corrected chi connectivity index (χ1v) is 8.17. The number of carbonyl (C=O) groups excluding carboxylic acids is 3. The van der Waals surface area contributed by atoms with Gasteiger partial charge in [-0.15, -0.1) is 0 Å². The highest BCUT2D eigenvalue weighted by Gasteiger charge is 2.12. The second-order valence-electron chi connectivity index (χ2n) is 5.35. The lowest BCUT2D eigenvalue weighted by molar-refractivity contribution is -0.147. The van der Waals surface area contributed by atoms with Crippen molar-refractivity contribution in [2.24, 2.45) is 0 Å². The molecule has 2 N–H and O–H groups in total. The Bertz CT molecular complexity index is 844. The van der Waals surface area contributed by atoms with Gasteiger partial charge in [-0.2, -0.15) is 0 Å². The summed E-state index contributed by atoms with van der Waals surface area (Å²) in [5.41, 5.74) is 0.0236. The first-order valence-electron chi connectivity index (χ1n) is 7.79. The molecule has 0 fully saturated rings. The number of rotatable bonds is 7. The molecule has 0 aliphatic heterocycles. The summed E-state index contributed by atoms with van der Waals surface area (Å²) in [4.78, 5) is 35.0. The van der Waals surface area contributed by atoms with Crippen molar-refractivity contribution in [3.8, 4) is 0 Å². The molecule has 2 amide bonds. The molecule has 0 aliphatic carbocycles. The van der Waals surface area contributed by atoms with Crippen LogP contribution in [0.15, 0.2) is 42.5 Å². The van der Waals surface area contributed by atoms with Crippen LogP contribution in [0.1, 0.15) is 16.8 Å². The summed E-state index contributed by atoms with van der Waals surface area (Å²) in [6.07, 6.45) is -0.166. The Kier molecular flexibility index (Phi) is 7.25. The van der Waals surface area contributed by atoms with Crippen molar-refractivity contribution < 1.29 is 27.9 Å². The van der Waals surface area contributed by atoms with Gasteiger partial charge in [-0.05, 0) is 36.4 Å². The molecule has 9 heteroatoms. The molecule has 0 bridgehead atoms. The molecule has 2 aromatic rings. The predicted molar refractivity (Wildman–Crippen MR) is 94.3 cm³/mol. The zero-order valence-electron chi connectivity index (χ0n) is 13.9. The number of hydrogen-bond acceptors (Lipinski definition) is 4. The monoisotopic (exact) mass is 396 g/mol. The molecule has 0 aromatic heterocycles. The molecular weight excluding hydrogens is 382 g/mol. The van der Waals surface area contributed by atoms with Gasteiger partial charge in [0.2, 0.25) is 0 Å². The number of benzene rings is 2. The van der Waals surface area contributed by atoms with Gasteiger partial charge in [-0.1, -0.05) is 11.6 Å². The quantitative estimate of drug-likeness (QED) is 0.705. The highest BCUT2D eigenvalue weighted by Crippen LogP contribution is 2.15. The largest absolute Gasteiger partial charge is 0.456 e. The molecule has 0 radical (unpaired) electrons. The Morgan fingerprint density at radius 2 is 1.74 bits per heavy atom. The average Bonchev–Trinajstić information content (AvgIpc) is 2.63. The Labute approximate surface area is 158 Å². The highest BCUT2D eigenvalue weighted by atomic mass is 35.5. The molecule has 0 aliphatic rings. The van der Waals surface area contributed by atoms with Gasteiger partial charge in [-0.3, -0.25) is 14.4 Å². The van der Waals surface area contributed by atoms with Gasteiger partial charge in [0.05, 0.1) is 12.1 Å². The van der Waals surface area contributed by atoms with Crippen molar-refractivity contribution in [3.63, 3.8) is 0 Å². The van der Waals surface area contributed by atoms with Crippen LogP contribution in [0.5, 0.6) is 0 Å². The first-order chi connectivity index (χ1) is 12.8. The molecular formula is C18H15ClF2N2O4. The van der Waals surface area contributed by atoms with Crippen LogP contribution in [0.3, 0.4) is 0 Å². The van der Waals surface area contributed by atoms with E-state index in [9.17, 15) is 23.2 Å². The molecule has 0 spiro atoms. The summed E-state index contributed by atoms with van der Waals surface area (Å²) in [5.74, 6) is -3.49. The smallest absolute Gasteiger partial charge is 0.308 e. The number of hydrogen-bond donors (Lipinski definition) is 2. The number of anilines is 1.